The Kier molecular flexibility index (Phi) is 4.45. The molecule has 0 spiro atoms. The molecular weight excluding hydrogens is 307 g/mol. The number of aryl methyl sites for hydroxylation is 1. The number of aromatic nitrogens is 1. The smallest absolute Gasteiger partial charge is 0.147 e. The molecule has 0 bridgehead atoms. The Bertz CT molecular complexity index is 694. The molecule has 1 aliphatic rings. The first-order valence-corrected chi connectivity index (χ1v) is 9.27. The van der Waals surface area contributed by atoms with Gasteiger partial charge in [0.15, 0.2) is 0 Å². The molecule has 2 aromatic rings. The van der Waals surface area contributed by atoms with E-state index >= 15 is 0 Å². The van der Waals surface area contributed by atoms with Crippen LogP contribution in [0.4, 0.5) is 10.1 Å². The highest BCUT2D eigenvalue weighted by Gasteiger charge is 2.23. The number of hydrogen-bond donors (Lipinski definition) is 0. The number of anilines is 1. The number of nitrogens with zero attached hydrogens (tertiary/aromatic N) is 2. The first-order chi connectivity index (χ1) is 10.9. The first-order valence-electron chi connectivity index (χ1n) is 8.45. The van der Waals surface area contributed by atoms with Gasteiger partial charge in [0, 0.05) is 28.9 Å². The summed E-state index contributed by atoms with van der Waals surface area (Å²) in [5.74, 6) is -0.128. The number of thiazole rings is 1. The molecule has 0 radical (unpaired) electrons. The van der Waals surface area contributed by atoms with Crippen molar-refractivity contribution < 1.29 is 4.39 Å². The molecule has 1 fully saturated rings. The summed E-state index contributed by atoms with van der Waals surface area (Å²) in [6.07, 6.45) is 3.24. The third-order valence-corrected chi connectivity index (χ3v) is 5.95. The summed E-state index contributed by atoms with van der Waals surface area (Å²) in [4.78, 5) is 8.21. The molecule has 2 nitrogen and oxygen atoms in total. The highest BCUT2D eigenvalue weighted by molar-refractivity contribution is 7.12. The van der Waals surface area contributed by atoms with Gasteiger partial charge in [-0.15, -0.1) is 11.3 Å². The van der Waals surface area contributed by atoms with E-state index in [1.165, 1.54) is 4.88 Å². The zero-order valence-corrected chi connectivity index (χ0v) is 15.3. The van der Waals surface area contributed by atoms with Crippen molar-refractivity contribution in [1.29, 1.82) is 0 Å². The van der Waals surface area contributed by atoms with E-state index in [1.807, 2.05) is 12.1 Å². The van der Waals surface area contributed by atoms with Crippen LogP contribution in [-0.2, 0) is 11.8 Å². The predicted octanol–water partition coefficient (Wildman–Crippen LogP) is 5.41. The molecule has 4 heteroatoms. The van der Waals surface area contributed by atoms with Crippen LogP contribution < -0.4 is 4.90 Å². The maximum Gasteiger partial charge on any atom is 0.147 e. The second kappa shape index (κ2) is 6.23. The maximum atomic E-state index is 14.6. The van der Waals surface area contributed by atoms with Crippen molar-refractivity contribution in [3.63, 3.8) is 0 Å². The van der Waals surface area contributed by atoms with Crippen molar-refractivity contribution in [3.05, 3.63) is 33.9 Å². The van der Waals surface area contributed by atoms with E-state index < -0.39 is 0 Å². The van der Waals surface area contributed by atoms with Gasteiger partial charge < -0.3 is 4.90 Å². The molecule has 1 aromatic heterocycles. The molecule has 2 heterocycles. The van der Waals surface area contributed by atoms with Crippen LogP contribution in [-0.4, -0.2) is 18.1 Å². The van der Waals surface area contributed by atoms with Crippen molar-refractivity contribution in [2.45, 2.75) is 52.4 Å². The zero-order chi connectivity index (χ0) is 16.6. The highest BCUT2D eigenvalue weighted by atomic mass is 32.1. The summed E-state index contributed by atoms with van der Waals surface area (Å²) in [6, 6.07) is 5.61. The minimum atomic E-state index is -0.128. The van der Waals surface area contributed by atoms with E-state index in [-0.39, 0.29) is 11.2 Å². The van der Waals surface area contributed by atoms with Crippen molar-refractivity contribution in [1.82, 2.24) is 4.98 Å². The van der Waals surface area contributed by atoms with Gasteiger partial charge in [-0.2, -0.15) is 0 Å². The molecule has 1 aliphatic heterocycles. The van der Waals surface area contributed by atoms with Gasteiger partial charge >= 0.3 is 0 Å². The van der Waals surface area contributed by atoms with Crippen LogP contribution in [0.1, 0.15) is 50.4 Å². The van der Waals surface area contributed by atoms with E-state index in [4.69, 9.17) is 4.98 Å². The molecule has 0 unspecified atom stereocenters. The van der Waals surface area contributed by atoms with Gasteiger partial charge in [0.1, 0.15) is 5.82 Å². The Morgan fingerprint density at radius 3 is 2.48 bits per heavy atom. The van der Waals surface area contributed by atoms with Crippen LogP contribution in [0.2, 0.25) is 0 Å². The predicted molar refractivity (Wildman–Crippen MR) is 97.0 cm³/mol. The minimum Gasteiger partial charge on any atom is -0.369 e. The molecule has 1 saturated heterocycles. The normalized spacial score (nSPS) is 15.4. The topological polar surface area (TPSA) is 16.1 Å². The van der Waals surface area contributed by atoms with Crippen LogP contribution in [0, 0.1) is 5.82 Å². The Morgan fingerprint density at radius 2 is 1.91 bits per heavy atom. The Labute approximate surface area is 142 Å². The number of benzene rings is 1. The summed E-state index contributed by atoms with van der Waals surface area (Å²) in [6.45, 7) is 10.6. The molecular formula is C19H25FN2S. The largest absolute Gasteiger partial charge is 0.369 e. The fourth-order valence-corrected chi connectivity index (χ4v) is 4.09. The summed E-state index contributed by atoms with van der Waals surface area (Å²) in [7, 11) is 0. The molecule has 1 aromatic carbocycles. The fourth-order valence-electron chi connectivity index (χ4n) is 3.01. The lowest BCUT2D eigenvalue weighted by Gasteiger charge is -2.18. The monoisotopic (exact) mass is 332 g/mol. The molecule has 0 aliphatic carbocycles. The number of halogens is 1. The van der Waals surface area contributed by atoms with Gasteiger partial charge in [0.05, 0.1) is 16.4 Å². The Hall–Kier alpha value is -1.42. The maximum absolute atomic E-state index is 14.6. The van der Waals surface area contributed by atoms with Gasteiger partial charge in [-0.1, -0.05) is 33.8 Å². The summed E-state index contributed by atoms with van der Waals surface area (Å²) >= 11 is 1.75. The van der Waals surface area contributed by atoms with E-state index in [9.17, 15) is 4.39 Å². The average molecular weight is 332 g/mol. The summed E-state index contributed by atoms with van der Waals surface area (Å²) in [5, 5.41) is 1.12. The molecule has 124 valence electrons. The van der Waals surface area contributed by atoms with Crippen molar-refractivity contribution >= 4 is 17.0 Å². The van der Waals surface area contributed by atoms with Gasteiger partial charge in [-0.05, 0) is 31.4 Å². The summed E-state index contributed by atoms with van der Waals surface area (Å²) < 4.78 is 14.6. The van der Waals surface area contributed by atoms with Crippen molar-refractivity contribution in [2.75, 3.05) is 18.0 Å². The Balaban J connectivity index is 1.98. The number of rotatable bonds is 3. The third-order valence-electron chi connectivity index (χ3n) is 4.33. The minimum absolute atomic E-state index is 0.0286. The van der Waals surface area contributed by atoms with E-state index in [1.54, 1.807) is 17.4 Å². The standard InChI is InChI=1S/C19H25FN2S/c1-5-16-17(21-18(23-16)19(2,3)4)13-8-9-15(14(20)12-13)22-10-6-7-11-22/h8-9,12H,5-7,10-11H2,1-4H3. The average Bonchev–Trinajstić information content (AvgIpc) is 3.15. The molecule has 3 rings (SSSR count). The fraction of sp³-hybridized carbons (Fsp3) is 0.526. The van der Waals surface area contributed by atoms with E-state index in [2.05, 4.69) is 32.6 Å². The lowest BCUT2D eigenvalue weighted by Crippen LogP contribution is -2.18. The zero-order valence-electron chi connectivity index (χ0n) is 14.4. The quantitative estimate of drug-likeness (QED) is 0.747. The van der Waals surface area contributed by atoms with Crippen LogP contribution in [0.3, 0.4) is 0 Å². The third kappa shape index (κ3) is 3.27. The molecule has 0 amide bonds. The Morgan fingerprint density at radius 1 is 1.22 bits per heavy atom. The second-order valence-corrected chi connectivity index (χ2v) is 8.34. The van der Waals surface area contributed by atoms with Crippen LogP contribution in [0.15, 0.2) is 18.2 Å². The van der Waals surface area contributed by atoms with Gasteiger partial charge in [-0.3, -0.25) is 0 Å². The van der Waals surface area contributed by atoms with E-state index in [0.29, 0.717) is 0 Å². The van der Waals surface area contributed by atoms with Crippen LogP contribution in [0.25, 0.3) is 11.3 Å². The SMILES string of the molecule is CCc1sc(C(C)(C)C)nc1-c1ccc(N2CCCC2)c(F)c1. The van der Waals surface area contributed by atoms with Gasteiger partial charge in [0.25, 0.3) is 0 Å². The van der Waals surface area contributed by atoms with Gasteiger partial charge in [0.2, 0.25) is 0 Å². The van der Waals surface area contributed by atoms with Crippen LogP contribution >= 0.6 is 11.3 Å². The first kappa shape index (κ1) is 16.4. The van der Waals surface area contributed by atoms with Crippen LogP contribution in [0.5, 0.6) is 0 Å². The molecule has 0 saturated carbocycles. The van der Waals surface area contributed by atoms with Crippen molar-refractivity contribution in [2.24, 2.45) is 0 Å². The molecule has 23 heavy (non-hydrogen) atoms. The second-order valence-electron chi connectivity index (χ2n) is 7.25. The van der Waals surface area contributed by atoms with E-state index in [0.717, 1.165) is 54.3 Å². The lowest BCUT2D eigenvalue weighted by molar-refractivity contribution is 0.586. The lowest BCUT2D eigenvalue weighted by atomic mass is 9.98. The van der Waals surface area contributed by atoms with Gasteiger partial charge in [-0.25, -0.2) is 9.37 Å². The molecule has 0 N–H and O–H groups in total. The highest BCUT2D eigenvalue weighted by Crippen LogP contribution is 2.36. The molecule has 0 atom stereocenters. The number of hydrogen-bond acceptors (Lipinski definition) is 3. The summed E-state index contributed by atoms with van der Waals surface area (Å²) in [5.41, 5.74) is 2.61. The van der Waals surface area contributed by atoms with Crippen molar-refractivity contribution in [3.8, 4) is 11.3 Å².